The smallest absolute Gasteiger partial charge is 0.248 e. The Morgan fingerprint density at radius 2 is 1.59 bits per heavy atom. The second-order valence-corrected chi connectivity index (χ2v) is 7.18. The minimum atomic E-state index is 0.0391. The molecule has 2 saturated heterocycles. The van der Waals surface area contributed by atoms with Gasteiger partial charge in [0, 0.05) is 45.3 Å². The van der Waals surface area contributed by atoms with Gasteiger partial charge in [0.2, 0.25) is 5.91 Å². The van der Waals surface area contributed by atoms with Gasteiger partial charge in [-0.1, -0.05) is 30.3 Å². The number of amides is 1. The Bertz CT molecular complexity index is 790. The van der Waals surface area contributed by atoms with Crippen LogP contribution in [0.1, 0.15) is 5.56 Å². The highest BCUT2D eigenvalue weighted by atomic mass is 16.5. The summed E-state index contributed by atoms with van der Waals surface area (Å²) < 4.78 is 11.0. The fourth-order valence-electron chi connectivity index (χ4n) is 3.58. The Balaban J connectivity index is 1.25. The van der Waals surface area contributed by atoms with Gasteiger partial charge in [0.1, 0.15) is 24.6 Å². The van der Waals surface area contributed by atoms with Crippen molar-refractivity contribution in [1.82, 2.24) is 14.9 Å². The van der Waals surface area contributed by atoms with Crippen LogP contribution in [0.4, 0.5) is 11.6 Å². The van der Waals surface area contributed by atoms with E-state index in [0.717, 1.165) is 56.6 Å². The molecular weight excluding hydrogens is 370 g/mol. The number of hydrogen-bond donors (Lipinski definition) is 0. The number of carbonyl (C=O) groups excluding carboxylic acids is 1. The maximum absolute atomic E-state index is 12.4. The molecule has 2 aliphatic heterocycles. The molecule has 8 nitrogen and oxygen atoms in total. The molecule has 3 heterocycles. The molecule has 1 aromatic heterocycles. The minimum absolute atomic E-state index is 0.0391. The predicted octanol–water partition coefficient (Wildman–Crippen LogP) is 1.18. The van der Waals surface area contributed by atoms with Crippen molar-refractivity contribution in [3.63, 3.8) is 0 Å². The lowest BCUT2D eigenvalue weighted by Gasteiger charge is -2.36. The fourth-order valence-corrected chi connectivity index (χ4v) is 3.58. The molecule has 29 heavy (non-hydrogen) atoms. The number of morpholine rings is 1. The number of hydrogen-bond acceptors (Lipinski definition) is 7. The van der Waals surface area contributed by atoms with Crippen LogP contribution in [-0.4, -0.2) is 79.9 Å². The van der Waals surface area contributed by atoms with Crippen LogP contribution in [0.3, 0.4) is 0 Å². The van der Waals surface area contributed by atoms with Gasteiger partial charge in [-0.3, -0.25) is 4.79 Å². The second kappa shape index (κ2) is 9.67. The zero-order valence-electron chi connectivity index (χ0n) is 16.6. The lowest BCUT2D eigenvalue weighted by Crippen LogP contribution is -2.50. The van der Waals surface area contributed by atoms with E-state index in [-0.39, 0.29) is 12.5 Å². The molecule has 2 fully saturated rings. The highest BCUT2D eigenvalue weighted by Gasteiger charge is 2.23. The van der Waals surface area contributed by atoms with Gasteiger partial charge < -0.3 is 24.2 Å². The lowest BCUT2D eigenvalue weighted by molar-refractivity contribution is -0.136. The van der Waals surface area contributed by atoms with E-state index in [4.69, 9.17) is 9.47 Å². The molecule has 0 spiro atoms. The van der Waals surface area contributed by atoms with Crippen molar-refractivity contribution in [1.29, 1.82) is 0 Å². The first-order valence-electron chi connectivity index (χ1n) is 10.1. The Morgan fingerprint density at radius 1 is 0.931 bits per heavy atom. The highest BCUT2D eigenvalue weighted by molar-refractivity contribution is 5.77. The van der Waals surface area contributed by atoms with Crippen LogP contribution in [0.5, 0.6) is 0 Å². The van der Waals surface area contributed by atoms with Crippen LogP contribution in [0.25, 0.3) is 0 Å². The van der Waals surface area contributed by atoms with Gasteiger partial charge in [-0.25, -0.2) is 9.97 Å². The van der Waals surface area contributed by atoms with Crippen molar-refractivity contribution < 1.29 is 14.3 Å². The molecule has 0 radical (unpaired) electrons. The summed E-state index contributed by atoms with van der Waals surface area (Å²) >= 11 is 0. The molecule has 1 amide bonds. The molecule has 154 valence electrons. The third-order valence-corrected chi connectivity index (χ3v) is 5.27. The van der Waals surface area contributed by atoms with Crippen molar-refractivity contribution in [2.75, 3.05) is 68.9 Å². The number of rotatable bonds is 6. The molecule has 0 saturated carbocycles. The summed E-state index contributed by atoms with van der Waals surface area (Å²) in [6.45, 7) is 6.58. The summed E-state index contributed by atoms with van der Waals surface area (Å²) in [4.78, 5) is 27.6. The zero-order valence-corrected chi connectivity index (χ0v) is 16.6. The third-order valence-electron chi connectivity index (χ3n) is 5.27. The maximum Gasteiger partial charge on any atom is 0.248 e. The molecule has 0 unspecified atom stereocenters. The van der Waals surface area contributed by atoms with E-state index >= 15 is 0 Å². The van der Waals surface area contributed by atoms with Crippen LogP contribution in [0.15, 0.2) is 42.7 Å². The van der Waals surface area contributed by atoms with E-state index in [0.29, 0.717) is 19.7 Å². The van der Waals surface area contributed by atoms with Crippen LogP contribution >= 0.6 is 0 Å². The van der Waals surface area contributed by atoms with Gasteiger partial charge in [-0.2, -0.15) is 0 Å². The van der Waals surface area contributed by atoms with E-state index < -0.39 is 0 Å². The van der Waals surface area contributed by atoms with E-state index in [1.165, 1.54) is 0 Å². The number of nitrogens with zero attached hydrogens (tertiary/aromatic N) is 5. The number of piperazine rings is 1. The van der Waals surface area contributed by atoms with Crippen LogP contribution < -0.4 is 9.80 Å². The Labute approximate surface area is 171 Å². The highest BCUT2D eigenvalue weighted by Crippen LogP contribution is 2.20. The molecule has 2 aromatic rings. The molecule has 2 aliphatic rings. The molecular formula is C21H27N5O3. The largest absolute Gasteiger partial charge is 0.378 e. The monoisotopic (exact) mass is 397 g/mol. The van der Waals surface area contributed by atoms with Gasteiger partial charge in [0.25, 0.3) is 0 Å². The zero-order chi connectivity index (χ0) is 19.9. The summed E-state index contributed by atoms with van der Waals surface area (Å²) in [6.07, 6.45) is 1.62. The first-order chi connectivity index (χ1) is 14.3. The second-order valence-electron chi connectivity index (χ2n) is 7.18. The molecule has 4 rings (SSSR count). The van der Waals surface area contributed by atoms with Crippen molar-refractivity contribution in [3.8, 4) is 0 Å². The van der Waals surface area contributed by atoms with Gasteiger partial charge in [-0.05, 0) is 5.56 Å². The Morgan fingerprint density at radius 3 is 2.28 bits per heavy atom. The van der Waals surface area contributed by atoms with Crippen LogP contribution in [-0.2, 0) is 20.9 Å². The normalized spacial score (nSPS) is 17.4. The van der Waals surface area contributed by atoms with Crippen molar-refractivity contribution >= 4 is 17.5 Å². The molecule has 0 N–H and O–H groups in total. The summed E-state index contributed by atoms with van der Waals surface area (Å²) in [5.41, 5.74) is 1.07. The summed E-state index contributed by atoms with van der Waals surface area (Å²) in [6, 6.07) is 11.9. The lowest BCUT2D eigenvalue weighted by atomic mass is 10.2. The minimum Gasteiger partial charge on any atom is -0.378 e. The number of ether oxygens (including phenoxy) is 2. The fraction of sp³-hybridized carbons (Fsp3) is 0.476. The van der Waals surface area contributed by atoms with Crippen molar-refractivity contribution in [3.05, 3.63) is 48.3 Å². The van der Waals surface area contributed by atoms with Gasteiger partial charge in [-0.15, -0.1) is 0 Å². The van der Waals surface area contributed by atoms with Crippen LogP contribution in [0, 0.1) is 0 Å². The first kappa shape index (κ1) is 19.6. The summed E-state index contributed by atoms with van der Waals surface area (Å²) in [5, 5.41) is 0. The third kappa shape index (κ3) is 5.21. The summed E-state index contributed by atoms with van der Waals surface area (Å²) in [5.74, 6) is 1.89. The average molecular weight is 397 g/mol. The van der Waals surface area contributed by atoms with Gasteiger partial charge in [0.15, 0.2) is 0 Å². The summed E-state index contributed by atoms with van der Waals surface area (Å²) in [7, 11) is 0. The number of benzene rings is 1. The molecule has 1 aromatic carbocycles. The van der Waals surface area contributed by atoms with E-state index in [9.17, 15) is 4.79 Å². The van der Waals surface area contributed by atoms with Gasteiger partial charge in [0.05, 0.1) is 19.8 Å². The Kier molecular flexibility index (Phi) is 6.53. The average Bonchev–Trinajstić information content (AvgIpc) is 2.80. The molecule has 0 atom stereocenters. The van der Waals surface area contributed by atoms with Gasteiger partial charge >= 0.3 is 0 Å². The number of aromatic nitrogens is 2. The Hall–Kier alpha value is -2.71. The molecule has 8 heteroatoms. The van der Waals surface area contributed by atoms with E-state index in [1.807, 2.05) is 41.3 Å². The standard InChI is InChI=1S/C21H27N5O3/c27-21(16-29-15-18-4-2-1-3-5-18)26-8-6-24(7-9-26)19-14-20(23-17-22-19)25-10-12-28-13-11-25/h1-5,14,17H,6-13,15-16H2. The van der Waals surface area contributed by atoms with Crippen molar-refractivity contribution in [2.24, 2.45) is 0 Å². The topological polar surface area (TPSA) is 71.0 Å². The first-order valence-corrected chi connectivity index (χ1v) is 10.1. The van der Waals surface area contributed by atoms with E-state index in [2.05, 4.69) is 19.8 Å². The maximum atomic E-state index is 12.4. The molecule has 0 bridgehead atoms. The van der Waals surface area contributed by atoms with E-state index in [1.54, 1.807) is 6.33 Å². The number of carbonyl (C=O) groups is 1. The molecule has 0 aliphatic carbocycles. The quantitative estimate of drug-likeness (QED) is 0.725. The van der Waals surface area contributed by atoms with Crippen LogP contribution in [0.2, 0.25) is 0 Å². The van der Waals surface area contributed by atoms with Crippen molar-refractivity contribution in [2.45, 2.75) is 6.61 Å². The number of anilines is 2. The predicted molar refractivity (Wildman–Crippen MR) is 110 cm³/mol. The SMILES string of the molecule is O=C(COCc1ccccc1)N1CCN(c2cc(N3CCOCC3)ncn2)CC1.